The van der Waals surface area contributed by atoms with Crippen LogP contribution >= 0.6 is 0 Å². The molecule has 2 amide bonds. The number of fused-ring (bicyclic) bond motifs is 1. The van der Waals surface area contributed by atoms with Crippen molar-refractivity contribution in [3.8, 4) is 0 Å². The van der Waals surface area contributed by atoms with Crippen molar-refractivity contribution in [3.05, 3.63) is 29.8 Å². The monoisotopic (exact) mass is 335 g/mol. The Bertz CT molecular complexity index is 609. The molecule has 2 heterocycles. The number of hydrogen-bond acceptors (Lipinski definition) is 8. The van der Waals surface area contributed by atoms with Crippen LogP contribution in [0.5, 0.6) is 0 Å². The number of rotatable bonds is 4. The van der Waals surface area contributed by atoms with E-state index in [4.69, 9.17) is 10.9 Å². The van der Waals surface area contributed by atoms with Crippen LogP contribution in [0.1, 0.15) is 10.4 Å². The van der Waals surface area contributed by atoms with Gasteiger partial charge in [-0.05, 0) is 24.3 Å². The van der Waals surface area contributed by atoms with E-state index in [-0.39, 0.29) is 24.2 Å². The van der Waals surface area contributed by atoms with Gasteiger partial charge in [-0.25, -0.2) is 5.48 Å². The number of nitrogens with one attached hydrogen (secondary N) is 6. The fourth-order valence-corrected chi connectivity index (χ4v) is 2.83. The lowest BCUT2D eigenvalue weighted by molar-refractivity contribution is -0.128. The van der Waals surface area contributed by atoms with Crippen molar-refractivity contribution in [1.29, 1.82) is 0 Å². The molecular weight excluding hydrogens is 314 g/mol. The van der Waals surface area contributed by atoms with Crippen molar-refractivity contribution in [1.82, 2.24) is 26.7 Å². The fraction of sp³-hybridized carbons (Fsp3) is 0.429. The molecule has 1 aromatic carbocycles. The molecular formula is C14H21N7O3. The van der Waals surface area contributed by atoms with Gasteiger partial charge in [0.25, 0.3) is 5.91 Å². The summed E-state index contributed by atoms with van der Waals surface area (Å²) < 4.78 is 0. The maximum absolute atomic E-state index is 12.0. The zero-order valence-corrected chi connectivity index (χ0v) is 12.9. The fourth-order valence-electron chi connectivity index (χ4n) is 2.83. The zero-order valence-electron chi connectivity index (χ0n) is 12.9. The summed E-state index contributed by atoms with van der Waals surface area (Å²) in [4.78, 5) is 23.2. The minimum Gasteiger partial charge on any atom is -0.383 e. The van der Waals surface area contributed by atoms with Gasteiger partial charge in [-0.15, -0.1) is 0 Å². The molecule has 24 heavy (non-hydrogen) atoms. The van der Waals surface area contributed by atoms with Crippen LogP contribution in [0.25, 0.3) is 0 Å². The van der Waals surface area contributed by atoms with E-state index in [1.807, 2.05) is 0 Å². The Morgan fingerprint density at radius 2 is 2.04 bits per heavy atom. The summed E-state index contributed by atoms with van der Waals surface area (Å²) in [6.07, 6.45) is -0.737. The number of hydrogen-bond donors (Lipinski definition) is 8. The molecule has 2 aliphatic heterocycles. The van der Waals surface area contributed by atoms with Crippen LogP contribution in [0.4, 0.5) is 5.69 Å². The first kappa shape index (κ1) is 16.6. The SMILES string of the molecule is NC1NC(=O)C2NC(CNc3ccc(C(=O)NO)cc3)CNC2N1. The third-order valence-electron chi connectivity index (χ3n) is 4.07. The number of hydroxylamine groups is 1. The van der Waals surface area contributed by atoms with Crippen LogP contribution < -0.4 is 37.8 Å². The Labute approximate surface area is 138 Å². The molecule has 3 rings (SSSR count). The summed E-state index contributed by atoms with van der Waals surface area (Å²) in [5.74, 6) is -0.692. The first-order valence-corrected chi connectivity index (χ1v) is 7.66. The highest BCUT2D eigenvalue weighted by atomic mass is 16.5. The van der Waals surface area contributed by atoms with Crippen molar-refractivity contribution in [2.75, 3.05) is 18.4 Å². The topological polar surface area (TPSA) is 153 Å². The third-order valence-corrected chi connectivity index (χ3v) is 4.07. The lowest BCUT2D eigenvalue weighted by Gasteiger charge is -2.42. The maximum atomic E-state index is 12.0. The molecule has 4 atom stereocenters. The minimum atomic E-state index is -0.556. The summed E-state index contributed by atoms with van der Waals surface area (Å²) in [6.45, 7) is 1.27. The Hall–Kier alpha value is -2.24. The first-order valence-electron chi connectivity index (χ1n) is 7.66. The van der Waals surface area contributed by atoms with E-state index in [1.54, 1.807) is 29.7 Å². The molecule has 9 N–H and O–H groups in total. The molecule has 130 valence electrons. The van der Waals surface area contributed by atoms with Gasteiger partial charge in [0.05, 0.1) is 6.17 Å². The maximum Gasteiger partial charge on any atom is 0.274 e. The molecule has 0 aliphatic carbocycles. The van der Waals surface area contributed by atoms with Crippen LogP contribution in [0.3, 0.4) is 0 Å². The Kier molecular flexibility index (Phi) is 4.92. The van der Waals surface area contributed by atoms with Gasteiger partial charge in [0, 0.05) is 30.4 Å². The van der Waals surface area contributed by atoms with Gasteiger partial charge in [-0.3, -0.25) is 36.5 Å². The molecule has 2 saturated heterocycles. The number of amides is 2. The van der Waals surface area contributed by atoms with Crippen LogP contribution in [0.2, 0.25) is 0 Å². The number of nitrogens with two attached hydrogens (primary N) is 1. The highest BCUT2D eigenvalue weighted by molar-refractivity contribution is 5.93. The van der Waals surface area contributed by atoms with Crippen molar-refractivity contribution in [2.45, 2.75) is 24.5 Å². The first-order chi connectivity index (χ1) is 11.6. The molecule has 0 bridgehead atoms. The van der Waals surface area contributed by atoms with Crippen LogP contribution in [-0.2, 0) is 4.79 Å². The van der Waals surface area contributed by atoms with Crippen LogP contribution in [0.15, 0.2) is 24.3 Å². The van der Waals surface area contributed by atoms with Crippen LogP contribution in [-0.4, -0.2) is 54.7 Å². The number of benzene rings is 1. The van der Waals surface area contributed by atoms with Gasteiger partial charge in [0.1, 0.15) is 12.3 Å². The van der Waals surface area contributed by atoms with E-state index >= 15 is 0 Å². The number of carbonyl (C=O) groups is 2. The van der Waals surface area contributed by atoms with Crippen molar-refractivity contribution in [2.24, 2.45) is 5.73 Å². The van der Waals surface area contributed by atoms with Gasteiger partial charge in [-0.2, -0.15) is 0 Å². The summed E-state index contributed by atoms with van der Waals surface area (Å²) >= 11 is 0. The highest BCUT2D eigenvalue weighted by Crippen LogP contribution is 2.11. The van der Waals surface area contributed by atoms with Gasteiger partial charge in [0.2, 0.25) is 5.91 Å². The largest absolute Gasteiger partial charge is 0.383 e. The second-order valence-electron chi connectivity index (χ2n) is 5.78. The van der Waals surface area contributed by atoms with Gasteiger partial charge in [-0.1, -0.05) is 0 Å². The van der Waals surface area contributed by atoms with E-state index in [2.05, 4.69) is 26.6 Å². The number of carbonyl (C=O) groups excluding carboxylic acids is 2. The summed E-state index contributed by atoms with van der Waals surface area (Å²) in [5, 5.41) is 24.1. The van der Waals surface area contributed by atoms with E-state index < -0.39 is 12.2 Å². The average molecular weight is 335 g/mol. The van der Waals surface area contributed by atoms with E-state index in [1.165, 1.54) is 0 Å². The molecule has 10 heteroatoms. The summed E-state index contributed by atoms with van der Waals surface area (Å²) in [7, 11) is 0. The minimum absolute atomic E-state index is 0.0496. The molecule has 2 fully saturated rings. The molecule has 2 aliphatic rings. The van der Waals surface area contributed by atoms with E-state index in [9.17, 15) is 9.59 Å². The number of piperazine rings is 1. The molecule has 1 aromatic rings. The third kappa shape index (κ3) is 3.63. The molecule has 0 saturated carbocycles. The lowest BCUT2D eigenvalue weighted by atomic mass is 10.1. The standard InChI is InChI=1S/C14H21N7O3/c15-14-19-11-10(13(23)20-14)18-9(6-17-11)5-16-8-3-1-7(2-4-8)12(22)21-24/h1-4,9-11,14,16-19,24H,5-6,15H2,(H,20,23)(H,21,22). The molecule has 0 aromatic heterocycles. The van der Waals surface area contributed by atoms with E-state index in [0.717, 1.165) is 5.69 Å². The predicted molar refractivity (Wildman–Crippen MR) is 85.9 cm³/mol. The summed E-state index contributed by atoms with van der Waals surface area (Å²) in [5.41, 5.74) is 8.47. The quantitative estimate of drug-likeness (QED) is 0.221. The lowest BCUT2D eigenvalue weighted by Crippen LogP contribution is -2.78. The summed E-state index contributed by atoms with van der Waals surface area (Å²) in [6, 6.07) is 6.37. The van der Waals surface area contributed by atoms with E-state index in [0.29, 0.717) is 18.7 Å². The molecule has 0 spiro atoms. The number of anilines is 1. The van der Waals surface area contributed by atoms with Crippen molar-refractivity contribution in [3.63, 3.8) is 0 Å². The second kappa shape index (κ2) is 7.11. The van der Waals surface area contributed by atoms with Crippen LogP contribution in [0, 0.1) is 0 Å². The molecule has 10 nitrogen and oxygen atoms in total. The predicted octanol–water partition coefficient (Wildman–Crippen LogP) is -2.56. The normalized spacial score (nSPS) is 29.3. The van der Waals surface area contributed by atoms with Crippen molar-refractivity contribution < 1.29 is 14.8 Å². The average Bonchev–Trinajstić information content (AvgIpc) is 2.60. The Morgan fingerprint density at radius 3 is 2.75 bits per heavy atom. The van der Waals surface area contributed by atoms with Gasteiger partial charge in [0.15, 0.2) is 0 Å². The smallest absolute Gasteiger partial charge is 0.274 e. The zero-order chi connectivity index (χ0) is 17.1. The van der Waals surface area contributed by atoms with Gasteiger partial charge >= 0.3 is 0 Å². The molecule has 4 unspecified atom stereocenters. The Balaban J connectivity index is 1.52. The van der Waals surface area contributed by atoms with Gasteiger partial charge < -0.3 is 10.6 Å². The second-order valence-corrected chi connectivity index (χ2v) is 5.78. The molecule has 0 radical (unpaired) electrons. The highest BCUT2D eigenvalue weighted by Gasteiger charge is 2.38. The van der Waals surface area contributed by atoms with Crippen molar-refractivity contribution >= 4 is 17.5 Å². The Morgan fingerprint density at radius 1 is 1.29 bits per heavy atom.